The molecule has 0 nitrogen and oxygen atoms in total. The van der Waals surface area contributed by atoms with Gasteiger partial charge >= 0.3 is 0 Å². The quantitative estimate of drug-likeness (QED) is 0.435. The maximum Gasteiger partial charge on any atom is 0.0406 e. The topological polar surface area (TPSA) is 0 Å². The fraction of sp³-hybridized carbons (Fsp3) is 0.667. The summed E-state index contributed by atoms with van der Waals surface area (Å²) in [6, 6.07) is 8.44. The first kappa shape index (κ1) is 19.0. The average molecular weight is 359 g/mol. The number of halogens is 1. The van der Waals surface area contributed by atoms with Crippen molar-refractivity contribution >= 4 is 11.6 Å². The summed E-state index contributed by atoms with van der Waals surface area (Å²) in [7, 11) is 0. The van der Waals surface area contributed by atoms with Crippen molar-refractivity contribution in [1.29, 1.82) is 0 Å². The molecule has 138 valence electrons. The average Bonchev–Trinajstić information content (AvgIpc) is 2.67. The van der Waals surface area contributed by atoms with E-state index in [0.717, 1.165) is 28.7 Å². The van der Waals surface area contributed by atoms with E-state index in [1.54, 1.807) is 0 Å². The summed E-state index contributed by atoms with van der Waals surface area (Å²) in [5, 5.41) is 0.850. The Morgan fingerprint density at radius 1 is 0.800 bits per heavy atom. The summed E-state index contributed by atoms with van der Waals surface area (Å²) in [4.78, 5) is 0. The van der Waals surface area contributed by atoms with Crippen LogP contribution >= 0.6 is 11.6 Å². The van der Waals surface area contributed by atoms with Crippen molar-refractivity contribution in [1.82, 2.24) is 0 Å². The lowest BCUT2D eigenvalue weighted by Crippen LogP contribution is -2.26. The number of benzene rings is 1. The maximum atomic E-state index is 5.98. The molecule has 0 spiro atoms. The van der Waals surface area contributed by atoms with Gasteiger partial charge in [0.2, 0.25) is 0 Å². The van der Waals surface area contributed by atoms with Gasteiger partial charge in [-0.25, -0.2) is 0 Å². The molecule has 2 saturated carbocycles. The molecule has 2 aliphatic rings. The Hall–Kier alpha value is -0.750. The molecule has 0 aliphatic heterocycles. The van der Waals surface area contributed by atoms with Crippen molar-refractivity contribution in [2.45, 2.75) is 77.0 Å². The highest BCUT2D eigenvalue weighted by molar-refractivity contribution is 6.30. The third-order valence-corrected chi connectivity index (χ3v) is 7.24. The van der Waals surface area contributed by atoms with Crippen LogP contribution in [0.2, 0.25) is 5.02 Å². The predicted molar refractivity (Wildman–Crippen MR) is 110 cm³/mol. The van der Waals surface area contributed by atoms with Crippen LogP contribution in [0.3, 0.4) is 0 Å². The predicted octanol–water partition coefficient (Wildman–Crippen LogP) is 7.85. The number of hydrogen-bond donors (Lipinski definition) is 0. The molecule has 0 unspecified atom stereocenters. The van der Waals surface area contributed by atoms with Crippen molar-refractivity contribution in [3.8, 4) is 0 Å². The van der Waals surface area contributed by atoms with E-state index in [4.69, 9.17) is 11.6 Å². The van der Waals surface area contributed by atoms with Gasteiger partial charge in [0.15, 0.2) is 0 Å². The molecule has 0 heterocycles. The summed E-state index contributed by atoms with van der Waals surface area (Å²) in [6.07, 6.45) is 19.2. The molecule has 1 aromatic carbocycles. The van der Waals surface area contributed by atoms with Gasteiger partial charge in [-0.05, 0) is 92.7 Å². The smallest absolute Gasteiger partial charge is 0.0406 e. The van der Waals surface area contributed by atoms with Gasteiger partial charge in [0.25, 0.3) is 0 Å². The van der Waals surface area contributed by atoms with Crippen LogP contribution in [0.5, 0.6) is 0 Å². The SMILES string of the molecule is C=CCCC1CCC(C2CCC(CCc3ccc(Cl)cc3)CC2)CC1. The van der Waals surface area contributed by atoms with E-state index in [-0.39, 0.29) is 0 Å². The zero-order valence-electron chi connectivity index (χ0n) is 15.8. The Bertz CT molecular complexity index is 501. The molecule has 0 radical (unpaired) electrons. The van der Waals surface area contributed by atoms with Crippen LogP contribution in [0.4, 0.5) is 0 Å². The molecular formula is C24H35Cl. The van der Waals surface area contributed by atoms with Crippen LogP contribution in [-0.4, -0.2) is 0 Å². The summed E-state index contributed by atoms with van der Waals surface area (Å²) in [6.45, 7) is 3.87. The number of aryl methyl sites for hydroxylation is 1. The van der Waals surface area contributed by atoms with Crippen LogP contribution in [0.25, 0.3) is 0 Å². The van der Waals surface area contributed by atoms with Gasteiger partial charge in [-0.2, -0.15) is 0 Å². The monoisotopic (exact) mass is 358 g/mol. The highest BCUT2D eigenvalue weighted by atomic mass is 35.5. The Balaban J connectivity index is 1.34. The van der Waals surface area contributed by atoms with Gasteiger partial charge in [0.1, 0.15) is 0 Å². The third kappa shape index (κ3) is 5.88. The Labute approximate surface area is 160 Å². The fourth-order valence-electron chi connectivity index (χ4n) is 5.27. The van der Waals surface area contributed by atoms with Crippen molar-refractivity contribution in [2.75, 3.05) is 0 Å². The lowest BCUT2D eigenvalue weighted by atomic mass is 9.68. The highest BCUT2D eigenvalue weighted by Gasteiger charge is 2.30. The second kappa shape index (κ2) is 9.81. The minimum absolute atomic E-state index is 0.850. The fourth-order valence-corrected chi connectivity index (χ4v) is 5.40. The zero-order chi connectivity index (χ0) is 17.5. The molecule has 3 rings (SSSR count). The van der Waals surface area contributed by atoms with Crippen LogP contribution < -0.4 is 0 Å². The summed E-state index contributed by atoms with van der Waals surface area (Å²) >= 11 is 5.98. The molecular weight excluding hydrogens is 324 g/mol. The van der Waals surface area contributed by atoms with Crippen LogP contribution in [0.1, 0.15) is 76.2 Å². The number of rotatable bonds is 7. The second-order valence-electron chi connectivity index (χ2n) is 8.59. The Morgan fingerprint density at radius 2 is 1.32 bits per heavy atom. The van der Waals surface area contributed by atoms with Crippen LogP contribution in [0, 0.1) is 23.7 Å². The largest absolute Gasteiger partial charge is 0.103 e. The molecule has 25 heavy (non-hydrogen) atoms. The Kier molecular flexibility index (Phi) is 7.47. The molecule has 1 aromatic rings. The lowest BCUT2D eigenvalue weighted by Gasteiger charge is -2.38. The van der Waals surface area contributed by atoms with Crippen LogP contribution in [-0.2, 0) is 6.42 Å². The molecule has 0 aromatic heterocycles. The van der Waals surface area contributed by atoms with E-state index in [0.29, 0.717) is 0 Å². The molecule has 2 aliphatic carbocycles. The molecule has 0 bridgehead atoms. The minimum Gasteiger partial charge on any atom is -0.103 e. The summed E-state index contributed by atoms with van der Waals surface area (Å²) in [5.74, 6) is 4.02. The second-order valence-corrected chi connectivity index (χ2v) is 9.03. The standard InChI is InChI=1S/C24H35Cl/c1-2-3-4-19-7-13-22(14-8-19)23-15-9-20(10-16-23)5-6-21-11-17-24(25)18-12-21/h2,11-12,17-20,22-23H,1,3-10,13-16H2. The Morgan fingerprint density at radius 3 is 1.84 bits per heavy atom. The van der Waals surface area contributed by atoms with Gasteiger partial charge in [-0.1, -0.05) is 55.5 Å². The van der Waals surface area contributed by atoms with Gasteiger partial charge in [-0.3, -0.25) is 0 Å². The molecule has 0 amide bonds. The third-order valence-electron chi connectivity index (χ3n) is 6.98. The highest BCUT2D eigenvalue weighted by Crippen LogP contribution is 2.42. The van der Waals surface area contributed by atoms with Gasteiger partial charge in [0, 0.05) is 5.02 Å². The molecule has 2 fully saturated rings. The van der Waals surface area contributed by atoms with E-state index in [9.17, 15) is 0 Å². The lowest BCUT2D eigenvalue weighted by molar-refractivity contribution is 0.141. The normalized spacial score (nSPS) is 30.1. The molecule has 0 N–H and O–H groups in total. The number of allylic oxidation sites excluding steroid dienone is 1. The first-order valence-electron chi connectivity index (χ1n) is 10.6. The van der Waals surface area contributed by atoms with Crippen molar-refractivity contribution in [3.63, 3.8) is 0 Å². The van der Waals surface area contributed by atoms with E-state index in [2.05, 4.69) is 24.8 Å². The zero-order valence-corrected chi connectivity index (χ0v) is 16.5. The van der Waals surface area contributed by atoms with E-state index in [1.807, 2.05) is 12.1 Å². The first-order chi connectivity index (χ1) is 12.2. The van der Waals surface area contributed by atoms with Crippen LogP contribution in [0.15, 0.2) is 36.9 Å². The van der Waals surface area contributed by atoms with Crippen molar-refractivity contribution < 1.29 is 0 Å². The van der Waals surface area contributed by atoms with Crippen molar-refractivity contribution in [2.24, 2.45) is 23.7 Å². The van der Waals surface area contributed by atoms with E-state index < -0.39 is 0 Å². The van der Waals surface area contributed by atoms with Gasteiger partial charge in [0.05, 0.1) is 0 Å². The van der Waals surface area contributed by atoms with E-state index >= 15 is 0 Å². The summed E-state index contributed by atoms with van der Waals surface area (Å²) in [5.41, 5.74) is 1.45. The minimum atomic E-state index is 0.850. The molecule has 0 atom stereocenters. The maximum absolute atomic E-state index is 5.98. The summed E-state index contributed by atoms with van der Waals surface area (Å²) < 4.78 is 0. The van der Waals surface area contributed by atoms with Gasteiger partial charge in [-0.15, -0.1) is 6.58 Å². The number of hydrogen-bond acceptors (Lipinski definition) is 0. The molecule has 1 heteroatoms. The van der Waals surface area contributed by atoms with E-state index in [1.165, 1.54) is 82.6 Å². The first-order valence-corrected chi connectivity index (χ1v) is 11.0. The van der Waals surface area contributed by atoms with Crippen molar-refractivity contribution in [3.05, 3.63) is 47.5 Å². The molecule has 0 saturated heterocycles. The van der Waals surface area contributed by atoms with Gasteiger partial charge < -0.3 is 0 Å².